The molecule has 3 aromatic rings. The van der Waals surface area contributed by atoms with Crippen LogP contribution in [0.2, 0.25) is 0 Å². The molecule has 31 heavy (non-hydrogen) atoms. The Morgan fingerprint density at radius 3 is 1.84 bits per heavy atom. The minimum Gasteiger partial charge on any atom is -0.206 e. The smallest absolute Gasteiger partial charge is 0.131 e. The zero-order valence-electron chi connectivity index (χ0n) is 19.0. The van der Waals surface area contributed by atoms with E-state index in [4.69, 9.17) is 0 Å². The average molecular weight is 415 g/mol. The number of hydrogen-bond donors (Lipinski definition) is 0. The Morgan fingerprint density at radius 2 is 1.29 bits per heavy atom. The molecule has 1 aliphatic rings. The summed E-state index contributed by atoms with van der Waals surface area (Å²) in [4.78, 5) is 0. The molecule has 0 N–H and O–H groups in total. The average Bonchev–Trinajstić information content (AvgIpc) is 2.83. The first kappa shape index (κ1) is 21.8. The van der Waals surface area contributed by atoms with E-state index in [0.29, 0.717) is 11.5 Å². The van der Waals surface area contributed by atoms with Crippen molar-refractivity contribution >= 4 is 0 Å². The lowest BCUT2D eigenvalue weighted by atomic mass is 9.77. The minimum atomic E-state index is -0.0844. The van der Waals surface area contributed by atoms with Crippen molar-refractivity contribution in [3.05, 3.63) is 94.8 Å². The maximum atomic E-state index is 15.0. The van der Waals surface area contributed by atoms with E-state index in [-0.39, 0.29) is 5.82 Å². The largest absolute Gasteiger partial charge is 0.206 e. The van der Waals surface area contributed by atoms with Gasteiger partial charge in [-0.3, -0.25) is 0 Å². The van der Waals surface area contributed by atoms with Crippen molar-refractivity contribution < 1.29 is 4.39 Å². The second-order valence-corrected chi connectivity index (χ2v) is 9.23. The predicted octanol–water partition coefficient (Wildman–Crippen LogP) is 8.52. The van der Waals surface area contributed by atoms with E-state index < -0.39 is 0 Å². The van der Waals surface area contributed by atoms with Crippen molar-refractivity contribution in [1.29, 1.82) is 0 Å². The van der Waals surface area contributed by atoms with Crippen molar-refractivity contribution in [3.8, 4) is 11.1 Å². The lowest BCUT2D eigenvalue weighted by Gasteiger charge is -2.28. The molecule has 1 saturated carbocycles. The zero-order chi connectivity index (χ0) is 21.6. The van der Waals surface area contributed by atoms with Crippen LogP contribution in [0.15, 0.2) is 66.7 Å². The highest BCUT2D eigenvalue weighted by atomic mass is 19.1. The SMILES string of the molecule is CCc1ccc(CCc2ccc(-c3ccc([C@H]4CC[C@H](CC)CC4)cc3F)cc2)cc1. The Bertz CT molecular complexity index is 960. The van der Waals surface area contributed by atoms with Gasteiger partial charge in [0.05, 0.1) is 0 Å². The molecule has 0 heterocycles. The molecule has 1 fully saturated rings. The molecule has 0 amide bonds. The molecule has 0 bridgehead atoms. The highest BCUT2D eigenvalue weighted by Gasteiger charge is 2.22. The van der Waals surface area contributed by atoms with Crippen LogP contribution in [0.25, 0.3) is 11.1 Å². The van der Waals surface area contributed by atoms with E-state index in [0.717, 1.165) is 30.7 Å². The topological polar surface area (TPSA) is 0 Å². The summed E-state index contributed by atoms with van der Waals surface area (Å²) in [5.74, 6) is 1.31. The van der Waals surface area contributed by atoms with Gasteiger partial charge in [0.15, 0.2) is 0 Å². The highest BCUT2D eigenvalue weighted by Crippen LogP contribution is 2.38. The molecule has 0 nitrogen and oxygen atoms in total. The summed E-state index contributed by atoms with van der Waals surface area (Å²) in [6, 6.07) is 23.3. The van der Waals surface area contributed by atoms with Crippen molar-refractivity contribution in [2.45, 2.75) is 71.1 Å². The summed E-state index contributed by atoms with van der Waals surface area (Å²) >= 11 is 0. The minimum absolute atomic E-state index is 0.0844. The van der Waals surface area contributed by atoms with Crippen LogP contribution in [0.4, 0.5) is 4.39 Å². The van der Waals surface area contributed by atoms with Crippen LogP contribution in [0.3, 0.4) is 0 Å². The lowest BCUT2D eigenvalue weighted by Crippen LogP contribution is -2.12. The van der Waals surface area contributed by atoms with Gasteiger partial charge in [0, 0.05) is 5.56 Å². The lowest BCUT2D eigenvalue weighted by molar-refractivity contribution is 0.318. The first-order valence-electron chi connectivity index (χ1n) is 12.1. The highest BCUT2D eigenvalue weighted by molar-refractivity contribution is 5.65. The first-order valence-corrected chi connectivity index (χ1v) is 12.1. The Hall–Kier alpha value is -2.41. The summed E-state index contributed by atoms with van der Waals surface area (Å²) in [6.07, 6.45) is 9.38. The van der Waals surface area contributed by atoms with Crippen molar-refractivity contribution in [3.63, 3.8) is 0 Å². The molecule has 0 saturated heterocycles. The van der Waals surface area contributed by atoms with Crippen LogP contribution in [0, 0.1) is 11.7 Å². The van der Waals surface area contributed by atoms with Gasteiger partial charge in [-0.2, -0.15) is 0 Å². The molecule has 0 radical (unpaired) electrons. The van der Waals surface area contributed by atoms with Gasteiger partial charge in [-0.05, 0) is 90.7 Å². The van der Waals surface area contributed by atoms with Gasteiger partial charge in [-0.25, -0.2) is 4.39 Å². The molecule has 3 aromatic carbocycles. The Labute approximate surface area is 187 Å². The van der Waals surface area contributed by atoms with Crippen LogP contribution in [-0.4, -0.2) is 0 Å². The number of benzene rings is 3. The maximum absolute atomic E-state index is 15.0. The van der Waals surface area contributed by atoms with E-state index in [1.807, 2.05) is 6.07 Å². The Balaban J connectivity index is 1.39. The third kappa shape index (κ3) is 5.45. The maximum Gasteiger partial charge on any atom is 0.131 e. The molecule has 0 spiro atoms. The normalized spacial score (nSPS) is 18.8. The van der Waals surface area contributed by atoms with Gasteiger partial charge in [0.1, 0.15) is 5.82 Å². The van der Waals surface area contributed by atoms with E-state index in [1.165, 1.54) is 54.4 Å². The number of halogens is 1. The monoisotopic (exact) mass is 414 g/mol. The van der Waals surface area contributed by atoms with Gasteiger partial charge < -0.3 is 0 Å². The van der Waals surface area contributed by atoms with Crippen LogP contribution in [0.1, 0.15) is 74.1 Å². The molecule has 0 unspecified atom stereocenters. The standard InChI is InChI=1S/C30H35F/c1-3-22-5-7-24(8-6-22)9-10-25-13-17-27(18-14-25)29-20-19-28(21-30(29)31)26-15-11-23(4-2)12-16-26/h5-8,13-14,17-21,23,26H,3-4,9-12,15-16H2,1-2H3/t23-,26-. The van der Waals surface area contributed by atoms with Gasteiger partial charge in [-0.1, -0.05) is 80.9 Å². The molecule has 162 valence electrons. The molecular formula is C30H35F. The molecule has 0 aliphatic heterocycles. The molecule has 1 heteroatoms. The summed E-state index contributed by atoms with van der Waals surface area (Å²) < 4.78 is 15.0. The van der Waals surface area contributed by atoms with Gasteiger partial charge >= 0.3 is 0 Å². The van der Waals surface area contributed by atoms with Crippen LogP contribution in [0.5, 0.6) is 0 Å². The Kier molecular flexibility index (Phi) is 7.22. The third-order valence-corrected chi connectivity index (χ3v) is 7.29. The summed E-state index contributed by atoms with van der Waals surface area (Å²) in [6.45, 7) is 4.47. The Morgan fingerprint density at radius 1 is 0.710 bits per heavy atom. The van der Waals surface area contributed by atoms with Gasteiger partial charge in [0.25, 0.3) is 0 Å². The molecule has 1 aliphatic carbocycles. The van der Waals surface area contributed by atoms with Crippen molar-refractivity contribution in [1.82, 2.24) is 0 Å². The fourth-order valence-electron chi connectivity index (χ4n) is 5.00. The van der Waals surface area contributed by atoms with Crippen molar-refractivity contribution in [2.24, 2.45) is 5.92 Å². The summed E-state index contributed by atoms with van der Waals surface area (Å²) in [5.41, 5.74) is 6.92. The molecule has 4 rings (SSSR count). The second-order valence-electron chi connectivity index (χ2n) is 9.23. The van der Waals surface area contributed by atoms with E-state index in [9.17, 15) is 4.39 Å². The zero-order valence-corrected chi connectivity index (χ0v) is 19.0. The number of hydrogen-bond acceptors (Lipinski definition) is 0. The van der Waals surface area contributed by atoms with Crippen LogP contribution in [-0.2, 0) is 19.3 Å². The summed E-state index contributed by atoms with van der Waals surface area (Å²) in [7, 11) is 0. The predicted molar refractivity (Wildman–Crippen MR) is 130 cm³/mol. The fourth-order valence-corrected chi connectivity index (χ4v) is 5.00. The van der Waals surface area contributed by atoms with Gasteiger partial charge in [-0.15, -0.1) is 0 Å². The van der Waals surface area contributed by atoms with Crippen molar-refractivity contribution in [2.75, 3.05) is 0 Å². The van der Waals surface area contributed by atoms with Crippen LogP contribution < -0.4 is 0 Å². The number of rotatable bonds is 7. The van der Waals surface area contributed by atoms with E-state index >= 15 is 0 Å². The molecular weight excluding hydrogens is 379 g/mol. The summed E-state index contributed by atoms with van der Waals surface area (Å²) in [5, 5.41) is 0. The molecule has 0 aromatic heterocycles. The van der Waals surface area contributed by atoms with Gasteiger partial charge in [0.2, 0.25) is 0 Å². The fraction of sp³-hybridized carbons (Fsp3) is 0.400. The van der Waals surface area contributed by atoms with Crippen LogP contribution >= 0.6 is 0 Å². The quantitative estimate of drug-likeness (QED) is 0.363. The first-order chi connectivity index (χ1) is 15.2. The third-order valence-electron chi connectivity index (χ3n) is 7.29. The van der Waals surface area contributed by atoms with E-state index in [2.05, 4.69) is 68.4 Å². The number of aryl methyl sites for hydroxylation is 3. The molecule has 0 atom stereocenters. The second kappa shape index (κ2) is 10.3. The van der Waals surface area contributed by atoms with E-state index in [1.54, 1.807) is 6.07 Å².